The lowest BCUT2D eigenvalue weighted by molar-refractivity contribution is 0.0804. The topological polar surface area (TPSA) is 63.1 Å². The maximum absolute atomic E-state index is 12.0. The molecule has 3 rings (SSSR count). The highest BCUT2D eigenvalue weighted by molar-refractivity contribution is 5.92. The molecule has 0 atom stereocenters. The number of carbonyl (C=O) groups excluding carboxylic acids is 1. The molecule has 1 aromatic rings. The predicted octanol–water partition coefficient (Wildman–Crippen LogP) is 1.22. The van der Waals surface area contributed by atoms with Crippen molar-refractivity contribution in [3.63, 3.8) is 0 Å². The molecule has 20 heavy (non-hydrogen) atoms. The van der Waals surface area contributed by atoms with Crippen molar-refractivity contribution in [1.82, 2.24) is 25.2 Å². The molecule has 0 radical (unpaired) electrons. The van der Waals surface area contributed by atoms with Crippen LogP contribution in [-0.4, -0.2) is 51.5 Å². The molecule has 2 fully saturated rings. The maximum atomic E-state index is 12.0. The van der Waals surface area contributed by atoms with Crippen LogP contribution in [0, 0.1) is 0 Å². The molecule has 0 spiro atoms. The fraction of sp³-hybridized carbons (Fsp3) is 0.786. The van der Waals surface area contributed by atoms with E-state index < -0.39 is 0 Å². The first-order valence-corrected chi connectivity index (χ1v) is 7.71. The summed E-state index contributed by atoms with van der Waals surface area (Å²) in [5.41, 5.74) is 0.446. The van der Waals surface area contributed by atoms with E-state index in [1.165, 1.54) is 19.3 Å². The number of rotatable bonds is 7. The summed E-state index contributed by atoms with van der Waals surface area (Å²) in [6.45, 7) is 5.30. The van der Waals surface area contributed by atoms with Crippen LogP contribution in [0.5, 0.6) is 0 Å². The van der Waals surface area contributed by atoms with Crippen LogP contribution < -0.4 is 5.32 Å². The summed E-state index contributed by atoms with van der Waals surface area (Å²) < 4.78 is 1.81. The maximum Gasteiger partial charge on any atom is 0.273 e. The van der Waals surface area contributed by atoms with E-state index in [2.05, 4.69) is 27.5 Å². The molecule has 2 aliphatic rings. The number of hydrogen-bond acceptors (Lipinski definition) is 4. The van der Waals surface area contributed by atoms with Gasteiger partial charge in [-0.3, -0.25) is 9.69 Å². The summed E-state index contributed by atoms with van der Waals surface area (Å²) in [6.07, 6.45) is 7.87. The second-order valence-corrected chi connectivity index (χ2v) is 5.95. The minimum atomic E-state index is -0.0879. The molecule has 0 bridgehead atoms. The van der Waals surface area contributed by atoms with Gasteiger partial charge in [0, 0.05) is 13.1 Å². The van der Waals surface area contributed by atoms with Crippen molar-refractivity contribution in [2.24, 2.45) is 0 Å². The Labute approximate surface area is 119 Å². The Hall–Kier alpha value is -1.43. The number of hydrogen-bond donors (Lipinski definition) is 1. The van der Waals surface area contributed by atoms with Crippen LogP contribution in [0.25, 0.3) is 0 Å². The van der Waals surface area contributed by atoms with Crippen LogP contribution in [0.15, 0.2) is 6.20 Å². The zero-order valence-electron chi connectivity index (χ0n) is 12.1. The van der Waals surface area contributed by atoms with E-state index in [-0.39, 0.29) is 11.9 Å². The van der Waals surface area contributed by atoms with Gasteiger partial charge in [-0.05, 0) is 25.8 Å². The number of likely N-dealkylation sites (tertiary alicyclic amines) is 1. The molecule has 2 heterocycles. The summed E-state index contributed by atoms with van der Waals surface area (Å²) in [4.78, 5) is 14.4. The number of nitrogens with one attached hydrogen (secondary N) is 1. The van der Waals surface area contributed by atoms with Crippen LogP contribution >= 0.6 is 0 Å². The third kappa shape index (κ3) is 3.17. The van der Waals surface area contributed by atoms with Gasteiger partial charge in [-0.15, -0.1) is 5.10 Å². The quantitative estimate of drug-likeness (QED) is 0.761. The van der Waals surface area contributed by atoms with Crippen molar-refractivity contribution < 1.29 is 4.79 Å². The SMILES string of the molecule is CCCCCN1CC(NC(=O)c2cn(C3CC3)nn2)C1. The second kappa shape index (κ2) is 5.91. The number of nitrogens with zero attached hydrogens (tertiary/aromatic N) is 4. The first-order chi connectivity index (χ1) is 9.76. The van der Waals surface area contributed by atoms with Crippen LogP contribution in [0.1, 0.15) is 55.6 Å². The third-order valence-corrected chi connectivity index (χ3v) is 4.03. The number of aromatic nitrogens is 3. The molecule has 1 saturated heterocycles. The molecule has 1 saturated carbocycles. The molecule has 1 aromatic heterocycles. The van der Waals surface area contributed by atoms with Gasteiger partial charge in [0.1, 0.15) is 0 Å². The van der Waals surface area contributed by atoms with Crippen molar-refractivity contribution in [1.29, 1.82) is 0 Å². The summed E-state index contributed by atoms with van der Waals surface area (Å²) in [7, 11) is 0. The number of carbonyl (C=O) groups is 1. The van der Waals surface area contributed by atoms with Crippen LogP contribution in [0.2, 0.25) is 0 Å². The van der Waals surface area contributed by atoms with Gasteiger partial charge in [0.05, 0.1) is 18.3 Å². The van der Waals surface area contributed by atoms with Crippen molar-refractivity contribution in [3.05, 3.63) is 11.9 Å². The lowest BCUT2D eigenvalue weighted by atomic mass is 10.1. The van der Waals surface area contributed by atoms with Gasteiger partial charge in [0.15, 0.2) is 5.69 Å². The van der Waals surface area contributed by atoms with Gasteiger partial charge in [-0.25, -0.2) is 4.68 Å². The van der Waals surface area contributed by atoms with Crippen molar-refractivity contribution in [2.45, 2.75) is 51.1 Å². The Morgan fingerprint density at radius 2 is 2.20 bits per heavy atom. The molecular weight excluding hydrogens is 254 g/mol. The van der Waals surface area contributed by atoms with E-state index in [0.717, 1.165) is 32.5 Å². The highest BCUT2D eigenvalue weighted by Gasteiger charge is 2.29. The lowest BCUT2D eigenvalue weighted by Gasteiger charge is -2.39. The zero-order chi connectivity index (χ0) is 13.9. The van der Waals surface area contributed by atoms with Gasteiger partial charge in [0.2, 0.25) is 0 Å². The lowest BCUT2D eigenvalue weighted by Crippen LogP contribution is -2.59. The summed E-state index contributed by atoms with van der Waals surface area (Å²) >= 11 is 0. The Bertz CT molecular complexity index is 462. The Kier molecular flexibility index (Phi) is 4.00. The molecule has 6 nitrogen and oxygen atoms in total. The normalized spacial score (nSPS) is 19.9. The van der Waals surface area contributed by atoms with Gasteiger partial charge in [-0.1, -0.05) is 25.0 Å². The molecule has 1 amide bonds. The van der Waals surface area contributed by atoms with Crippen molar-refractivity contribution in [2.75, 3.05) is 19.6 Å². The molecule has 1 aliphatic heterocycles. The van der Waals surface area contributed by atoms with Crippen LogP contribution in [0.4, 0.5) is 0 Å². The Balaban J connectivity index is 1.39. The monoisotopic (exact) mass is 277 g/mol. The minimum Gasteiger partial charge on any atom is -0.345 e. The molecular formula is C14H23N5O. The van der Waals surface area contributed by atoms with Gasteiger partial charge in [0.25, 0.3) is 5.91 Å². The fourth-order valence-electron chi connectivity index (χ4n) is 2.59. The highest BCUT2D eigenvalue weighted by atomic mass is 16.2. The molecule has 0 unspecified atom stereocenters. The zero-order valence-corrected chi connectivity index (χ0v) is 12.1. The minimum absolute atomic E-state index is 0.0879. The molecule has 1 N–H and O–H groups in total. The number of amides is 1. The van der Waals surface area contributed by atoms with E-state index in [1.807, 2.05) is 4.68 Å². The average Bonchev–Trinajstić information content (AvgIpc) is 3.13. The van der Waals surface area contributed by atoms with E-state index in [9.17, 15) is 4.79 Å². The summed E-state index contributed by atoms with van der Waals surface area (Å²) in [5.74, 6) is -0.0879. The van der Waals surface area contributed by atoms with Crippen LogP contribution in [-0.2, 0) is 0 Å². The van der Waals surface area contributed by atoms with E-state index >= 15 is 0 Å². The number of unbranched alkanes of at least 4 members (excludes halogenated alkanes) is 2. The first-order valence-electron chi connectivity index (χ1n) is 7.71. The van der Waals surface area contributed by atoms with Gasteiger partial charge >= 0.3 is 0 Å². The molecule has 6 heteroatoms. The van der Waals surface area contributed by atoms with Crippen molar-refractivity contribution in [3.8, 4) is 0 Å². The van der Waals surface area contributed by atoms with Gasteiger partial charge in [-0.2, -0.15) is 0 Å². The molecule has 0 aromatic carbocycles. The standard InChI is InChI=1S/C14H23N5O/c1-2-3-4-7-18-8-11(9-18)15-14(20)13-10-19(17-16-13)12-5-6-12/h10-12H,2-9H2,1H3,(H,15,20). The average molecular weight is 277 g/mol. The van der Waals surface area contributed by atoms with E-state index in [4.69, 9.17) is 0 Å². The second-order valence-electron chi connectivity index (χ2n) is 5.95. The van der Waals surface area contributed by atoms with E-state index in [0.29, 0.717) is 11.7 Å². The predicted molar refractivity (Wildman–Crippen MR) is 75.5 cm³/mol. The summed E-state index contributed by atoms with van der Waals surface area (Å²) in [6, 6.07) is 0.747. The van der Waals surface area contributed by atoms with E-state index in [1.54, 1.807) is 6.20 Å². The largest absolute Gasteiger partial charge is 0.345 e. The highest BCUT2D eigenvalue weighted by Crippen LogP contribution is 2.33. The van der Waals surface area contributed by atoms with Crippen LogP contribution in [0.3, 0.4) is 0 Å². The Morgan fingerprint density at radius 3 is 2.90 bits per heavy atom. The molecule has 1 aliphatic carbocycles. The smallest absolute Gasteiger partial charge is 0.273 e. The van der Waals surface area contributed by atoms with Gasteiger partial charge < -0.3 is 5.32 Å². The Morgan fingerprint density at radius 1 is 1.40 bits per heavy atom. The third-order valence-electron chi connectivity index (χ3n) is 4.03. The molecule has 110 valence electrons. The first kappa shape index (κ1) is 13.5. The summed E-state index contributed by atoms with van der Waals surface area (Å²) in [5, 5.41) is 11.0. The fourth-order valence-corrected chi connectivity index (χ4v) is 2.59. The van der Waals surface area contributed by atoms with Crippen molar-refractivity contribution >= 4 is 5.91 Å².